The van der Waals surface area contributed by atoms with Crippen molar-refractivity contribution in [1.82, 2.24) is 31.1 Å². The minimum absolute atomic E-state index is 0.0151. The van der Waals surface area contributed by atoms with E-state index in [0.717, 1.165) is 4.90 Å². The first-order valence-corrected chi connectivity index (χ1v) is 17.9. The third-order valence-corrected chi connectivity index (χ3v) is 9.30. The molecule has 2 aromatic rings. The maximum Gasteiger partial charge on any atom is 0.325 e. The number of carbonyl (C=O) groups excluding carboxylic acids is 6. The van der Waals surface area contributed by atoms with Crippen LogP contribution in [0.2, 0.25) is 0 Å². The molecule has 0 bridgehead atoms. The molecule has 7 N–H and O–H groups in total. The number of amides is 6. The van der Waals surface area contributed by atoms with Crippen molar-refractivity contribution in [3.8, 4) is 5.75 Å². The van der Waals surface area contributed by atoms with Crippen molar-refractivity contribution in [2.24, 2.45) is 5.92 Å². The van der Waals surface area contributed by atoms with Gasteiger partial charge in [-0.1, -0.05) is 56.3 Å². The van der Waals surface area contributed by atoms with Gasteiger partial charge in [0.05, 0.1) is 6.10 Å². The molecule has 3 rings (SSSR count). The summed E-state index contributed by atoms with van der Waals surface area (Å²) in [5, 5.41) is 39.6. The van der Waals surface area contributed by atoms with Crippen LogP contribution in [0.5, 0.6) is 5.75 Å². The van der Waals surface area contributed by atoms with Gasteiger partial charge >= 0.3 is 5.97 Å². The molecule has 0 spiro atoms. The van der Waals surface area contributed by atoms with Crippen molar-refractivity contribution in [3.05, 3.63) is 65.7 Å². The highest BCUT2D eigenvalue weighted by molar-refractivity contribution is 5.97. The van der Waals surface area contributed by atoms with Gasteiger partial charge in [-0.25, -0.2) is 0 Å². The Labute approximate surface area is 314 Å². The number of aliphatic hydroxyl groups is 1. The molecule has 7 atom stereocenters. The molecule has 0 saturated carbocycles. The van der Waals surface area contributed by atoms with Crippen molar-refractivity contribution >= 4 is 41.4 Å². The number of carboxylic acids is 1. The number of nitrogens with one attached hydrogen (secondary N) is 4. The van der Waals surface area contributed by atoms with Crippen molar-refractivity contribution in [2.45, 2.75) is 103 Å². The smallest absolute Gasteiger partial charge is 0.325 e. The predicted molar refractivity (Wildman–Crippen MR) is 196 cm³/mol. The van der Waals surface area contributed by atoms with Gasteiger partial charge in [-0.15, -0.1) is 0 Å². The number of phenols is 1. The molecule has 0 unspecified atom stereocenters. The molecule has 6 amide bonds. The van der Waals surface area contributed by atoms with Crippen molar-refractivity contribution in [3.63, 3.8) is 0 Å². The lowest BCUT2D eigenvalue weighted by atomic mass is 9.99. The Morgan fingerprint density at radius 2 is 1.43 bits per heavy atom. The summed E-state index contributed by atoms with van der Waals surface area (Å²) in [6.45, 7) is 7.40. The number of nitrogens with zero attached hydrogens (tertiary/aromatic N) is 2. The van der Waals surface area contributed by atoms with E-state index in [2.05, 4.69) is 21.3 Å². The second-order valence-corrected chi connectivity index (χ2v) is 14.0. The molecule has 54 heavy (non-hydrogen) atoms. The largest absolute Gasteiger partial charge is 0.508 e. The molecule has 0 radical (unpaired) electrons. The zero-order valence-corrected chi connectivity index (χ0v) is 31.4. The summed E-state index contributed by atoms with van der Waals surface area (Å²) in [4.78, 5) is 94.7. The number of phenolic OH excluding ortho intramolecular Hbond substituents is 1. The number of likely N-dealkylation sites (tertiary alicyclic amines) is 1. The number of benzene rings is 2. The molecule has 0 aliphatic carbocycles. The highest BCUT2D eigenvalue weighted by Gasteiger charge is 2.41. The fourth-order valence-electron chi connectivity index (χ4n) is 6.21. The monoisotopic (exact) mass is 752 g/mol. The molecule has 2 aromatic carbocycles. The predicted octanol–water partition coefficient (Wildman–Crippen LogP) is 0.0958. The first-order chi connectivity index (χ1) is 25.4. The Kier molecular flexibility index (Phi) is 15.5. The van der Waals surface area contributed by atoms with Gasteiger partial charge in [0, 0.05) is 33.4 Å². The first kappa shape index (κ1) is 42.9. The van der Waals surface area contributed by atoms with E-state index in [-0.39, 0.29) is 31.6 Å². The molecule has 16 nitrogen and oxygen atoms in total. The van der Waals surface area contributed by atoms with Crippen LogP contribution in [0.1, 0.15) is 58.6 Å². The van der Waals surface area contributed by atoms with Crippen molar-refractivity contribution in [1.29, 1.82) is 0 Å². The number of aliphatic carboxylic acids is 1. The summed E-state index contributed by atoms with van der Waals surface area (Å²) in [7, 11) is 1.39. The van der Waals surface area contributed by atoms with E-state index in [9.17, 15) is 48.9 Å². The molecule has 294 valence electrons. The van der Waals surface area contributed by atoms with E-state index < -0.39 is 89.7 Å². The van der Waals surface area contributed by atoms with Crippen LogP contribution in [-0.4, -0.2) is 122 Å². The summed E-state index contributed by atoms with van der Waals surface area (Å²) >= 11 is 0. The Balaban J connectivity index is 1.91. The van der Waals surface area contributed by atoms with E-state index in [1.165, 1.54) is 44.9 Å². The SMILES string of the molecule is CC(=O)N[C@H](C(=O)N[C@@H](C(=O)N1CCC[C@H]1C(=O)N[C@@H](Cc1ccc(O)cc1)C(=O)N(C)[C@@H](Cc1ccccc1)C(=O)N[C@@H](C)C(=O)O)C(C)C)[C@@H](C)O. The van der Waals surface area contributed by atoms with Gasteiger partial charge in [0.2, 0.25) is 35.4 Å². The van der Waals surface area contributed by atoms with Gasteiger partial charge in [-0.2, -0.15) is 0 Å². The number of hydrogen-bond acceptors (Lipinski definition) is 9. The highest BCUT2D eigenvalue weighted by atomic mass is 16.4. The van der Waals surface area contributed by atoms with E-state index in [1.807, 2.05) is 0 Å². The zero-order chi connectivity index (χ0) is 40.3. The van der Waals surface area contributed by atoms with Crippen molar-refractivity contribution < 1.29 is 48.9 Å². The van der Waals surface area contributed by atoms with Gasteiger partial charge in [0.1, 0.15) is 42.0 Å². The van der Waals surface area contributed by atoms with Crippen LogP contribution in [0.15, 0.2) is 54.6 Å². The maximum absolute atomic E-state index is 14.3. The number of likely N-dealkylation sites (N-methyl/N-ethyl adjacent to an activating group) is 1. The van der Waals surface area contributed by atoms with E-state index in [1.54, 1.807) is 56.3 Å². The van der Waals surface area contributed by atoms with Crippen molar-refractivity contribution in [2.75, 3.05) is 13.6 Å². The molecule has 0 aromatic heterocycles. The third-order valence-electron chi connectivity index (χ3n) is 9.30. The normalized spacial score (nSPS) is 17.3. The molecule has 1 aliphatic heterocycles. The third kappa shape index (κ3) is 11.7. The molecule has 1 fully saturated rings. The molecule has 1 aliphatic rings. The van der Waals surface area contributed by atoms with Crippen LogP contribution >= 0.6 is 0 Å². The Hall–Kier alpha value is -5.51. The molecule has 1 saturated heterocycles. The number of carbonyl (C=O) groups is 7. The molecule has 1 heterocycles. The van der Waals surface area contributed by atoms with Gasteiger partial charge in [-0.05, 0) is 55.9 Å². The fourth-order valence-corrected chi connectivity index (χ4v) is 6.21. The average Bonchev–Trinajstić information content (AvgIpc) is 3.62. The second kappa shape index (κ2) is 19.5. The molecular formula is C38H52N6O10. The van der Waals surface area contributed by atoms with Crippen LogP contribution in [0.4, 0.5) is 0 Å². The first-order valence-electron chi connectivity index (χ1n) is 17.9. The number of carboxylic acid groups (broad SMARTS) is 1. The van der Waals surface area contributed by atoms with Gasteiger partial charge in [0.15, 0.2) is 0 Å². The minimum Gasteiger partial charge on any atom is -0.508 e. The summed E-state index contributed by atoms with van der Waals surface area (Å²) < 4.78 is 0. The summed E-state index contributed by atoms with van der Waals surface area (Å²) in [6.07, 6.45) is -0.590. The second-order valence-electron chi connectivity index (χ2n) is 14.0. The highest BCUT2D eigenvalue weighted by Crippen LogP contribution is 2.22. The lowest BCUT2D eigenvalue weighted by Crippen LogP contribution is -2.61. The Bertz CT molecular complexity index is 1650. The molecular weight excluding hydrogens is 700 g/mol. The topological polar surface area (TPSA) is 235 Å². The number of rotatable bonds is 17. The summed E-state index contributed by atoms with van der Waals surface area (Å²) in [5.41, 5.74) is 1.26. The van der Waals surface area contributed by atoms with Crippen LogP contribution in [0.25, 0.3) is 0 Å². The van der Waals surface area contributed by atoms with Crippen LogP contribution in [0.3, 0.4) is 0 Å². The zero-order valence-electron chi connectivity index (χ0n) is 31.4. The van der Waals surface area contributed by atoms with Gasteiger partial charge in [0.25, 0.3) is 0 Å². The van der Waals surface area contributed by atoms with Crippen LogP contribution in [-0.2, 0) is 46.4 Å². The van der Waals surface area contributed by atoms with Crippen LogP contribution in [0, 0.1) is 5.92 Å². The lowest BCUT2D eigenvalue weighted by Gasteiger charge is -2.34. The Morgan fingerprint density at radius 1 is 0.815 bits per heavy atom. The van der Waals surface area contributed by atoms with E-state index >= 15 is 0 Å². The number of aromatic hydroxyl groups is 1. The van der Waals surface area contributed by atoms with E-state index in [4.69, 9.17) is 0 Å². The average molecular weight is 753 g/mol. The lowest BCUT2D eigenvalue weighted by molar-refractivity contribution is -0.146. The number of aliphatic hydroxyl groups excluding tert-OH is 1. The van der Waals surface area contributed by atoms with Crippen LogP contribution < -0.4 is 21.3 Å². The quantitative estimate of drug-likeness (QED) is 0.115. The fraction of sp³-hybridized carbons (Fsp3) is 0.500. The van der Waals surface area contributed by atoms with Gasteiger partial charge in [-0.3, -0.25) is 33.6 Å². The van der Waals surface area contributed by atoms with E-state index in [0.29, 0.717) is 17.5 Å². The maximum atomic E-state index is 14.3. The molecule has 16 heteroatoms. The number of hydrogen-bond donors (Lipinski definition) is 7. The Morgan fingerprint density at radius 3 is 1.98 bits per heavy atom. The summed E-state index contributed by atoms with van der Waals surface area (Å²) in [6, 6.07) is 7.67. The standard InChI is InChI=1S/C38H52N6O10/c1-21(2)31(42-35(50)32(23(4)45)40-24(5)46)37(52)44-18-10-13-29(44)33(48)41-28(19-26-14-16-27(47)17-15-26)36(51)43(6)30(20-25-11-8-7-9-12-25)34(49)39-22(3)38(53)54/h7-9,11-12,14-17,21-23,28-32,45,47H,10,13,18-20H2,1-6H3,(H,39,49)(H,40,46)(H,41,48)(H,42,50)(H,53,54)/t22-,23+,28-,29-,30-,31+,32-/m0/s1. The summed E-state index contributed by atoms with van der Waals surface area (Å²) in [5.74, 6) is -5.65. The minimum atomic E-state index is -1.32. The van der Waals surface area contributed by atoms with Gasteiger partial charge < -0.3 is 46.4 Å².